The van der Waals surface area contributed by atoms with Crippen molar-refractivity contribution in [1.82, 2.24) is 10.3 Å². The summed E-state index contributed by atoms with van der Waals surface area (Å²) in [4.78, 5) is 4.39. The van der Waals surface area contributed by atoms with E-state index in [1.54, 1.807) is 0 Å². The average molecular weight is 481 g/mol. The van der Waals surface area contributed by atoms with Gasteiger partial charge in [0.25, 0.3) is 0 Å². The Hall–Kier alpha value is -2.29. The Labute approximate surface area is 194 Å². The number of nitrogens with zero attached hydrogens (tertiary/aromatic N) is 1. The highest BCUT2D eigenvalue weighted by atomic mass is 35.5. The number of thiazole rings is 1. The highest BCUT2D eigenvalue weighted by Gasteiger charge is 2.26. The maximum absolute atomic E-state index is 12.3. The van der Waals surface area contributed by atoms with Gasteiger partial charge in [0.2, 0.25) is 0 Å². The van der Waals surface area contributed by atoms with Gasteiger partial charge in [0.1, 0.15) is 0 Å². The van der Waals surface area contributed by atoms with E-state index >= 15 is 0 Å². The summed E-state index contributed by atoms with van der Waals surface area (Å²) in [6.07, 6.45) is -3.11. The zero-order chi connectivity index (χ0) is 22.6. The van der Waals surface area contributed by atoms with Crippen LogP contribution in [0, 0.1) is 0 Å². The SMILES string of the molecule is FC(F)(F)CCNc1nc(-c2ccc(CNc3c(Cl)ccc4c3CCNCC4)cc2)cs1. The summed E-state index contributed by atoms with van der Waals surface area (Å²) < 4.78 is 36.9. The van der Waals surface area contributed by atoms with E-state index in [4.69, 9.17) is 11.6 Å². The maximum atomic E-state index is 12.3. The maximum Gasteiger partial charge on any atom is 0.390 e. The third kappa shape index (κ3) is 5.94. The molecule has 0 saturated carbocycles. The molecule has 32 heavy (non-hydrogen) atoms. The van der Waals surface area contributed by atoms with E-state index in [9.17, 15) is 13.2 Å². The lowest BCUT2D eigenvalue weighted by atomic mass is 10.0. The molecule has 1 aliphatic rings. The average Bonchev–Trinajstić information content (AvgIpc) is 3.09. The molecule has 0 unspecified atom stereocenters. The Morgan fingerprint density at radius 3 is 2.59 bits per heavy atom. The molecule has 0 atom stereocenters. The molecule has 2 heterocycles. The van der Waals surface area contributed by atoms with Crippen molar-refractivity contribution in [1.29, 1.82) is 0 Å². The summed E-state index contributed by atoms with van der Waals surface area (Å²) in [5.41, 5.74) is 6.39. The first-order valence-electron chi connectivity index (χ1n) is 10.5. The Bertz CT molecular complexity index is 1050. The number of fused-ring (bicyclic) bond motifs is 1. The van der Waals surface area contributed by atoms with Crippen molar-refractivity contribution in [3.8, 4) is 11.3 Å². The van der Waals surface area contributed by atoms with Gasteiger partial charge in [-0.1, -0.05) is 41.9 Å². The van der Waals surface area contributed by atoms with Crippen molar-refractivity contribution in [3.63, 3.8) is 0 Å². The Balaban J connectivity index is 1.38. The van der Waals surface area contributed by atoms with Gasteiger partial charge in [-0.25, -0.2) is 4.98 Å². The van der Waals surface area contributed by atoms with Crippen molar-refractivity contribution < 1.29 is 13.2 Å². The fourth-order valence-corrected chi connectivity index (χ4v) is 4.71. The van der Waals surface area contributed by atoms with E-state index < -0.39 is 12.6 Å². The molecule has 4 nitrogen and oxygen atoms in total. The Morgan fingerprint density at radius 1 is 1.03 bits per heavy atom. The van der Waals surface area contributed by atoms with Gasteiger partial charge < -0.3 is 16.0 Å². The van der Waals surface area contributed by atoms with E-state index in [1.807, 2.05) is 35.7 Å². The van der Waals surface area contributed by atoms with Gasteiger partial charge in [0.05, 0.1) is 22.8 Å². The summed E-state index contributed by atoms with van der Waals surface area (Å²) in [5.74, 6) is 0. The summed E-state index contributed by atoms with van der Waals surface area (Å²) in [6, 6.07) is 12.1. The first-order chi connectivity index (χ1) is 15.4. The summed E-state index contributed by atoms with van der Waals surface area (Å²) >= 11 is 7.79. The van der Waals surface area contributed by atoms with Crippen LogP contribution in [-0.4, -0.2) is 30.8 Å². The van der Waals surface area contributed by atoms with Crippen LogP contribution in [0.25, 0.3) is 11.3 Å². The molecule has 4 rings (SSSR count). The smallest absolute Gasteiger partial charge is 0.380 e. The zero-order valence-electron chi connectivity index (χ0n) is 17.4. The minimum absolute atomic E-state index is 0.178. The fourth-order valence-electron chi connectivity index (χ4n) is 3.72. The highest BCUT2D eigenvalue weighted by Crippen LogP contribution is 2.31. The van der Waals surface area contributed by atoms with Crippen LogP contribution >= 0.6 is 22.9 Å². The summed E-state index contributed by atoms with van der Waals surface area (Å²) in [5, 5.41) is 12.7. The van der Waals surface area contributed by atoms with Crippen LogP contribution in [0.5, 0.6) is 0 Å². The highest BCUT2D eigenvalue weighted by molar-refractivity contribution is 7.14. The number of anilines is 2. The Morgan fingerprint density at radius 2 is 1.81 bits per heavy atom. The number of rotatable bonds is 7. The van der Waals surface area contributed by atoms with Crippen molar-refractivity contribution in [2.45, 2.75) is 32.0 Å². The van der Waals surface area contributed by atoms with Gasteiger partial charge in [0.15, 0.2) is 5.13 Å². The standard InChI is InChI=1S/C23H24ClF3N4S/c24-19-6-5-16-7-10-28-11-8-18(16)21(19)30-13-15-1-3-17(4-2-15)20-14-32-22(31-20)29-12-9-23(25,26)27/h1-6,14,28,30H,7-13H2,(H,29,31). The van der Waals surface area contributed by atoms with Crippen molar-refractivity contribution in [2.75, 3.05) is 30.3 Å². The van der Waals surface area contributed by atoms with Crippen LogP contribution in [0.3, 0.4) is 0 Å². The predicted octanol–water partition coefficient (Wildman–Crippen LogP) is 6.13. The summed E-state index contributed by atoms with van der Waals surface area (Å²) in [7, 11) is 0. The number of halogens is 4. The quantitative estimate of drug-likeness (QED) is 0.381. The zero-order valence-corrected chi connectivity index (χ0v) is 18.9. The lowest BCUT2D eigenvalue weighted by molar-refractivity contribution is -0.131. The van der Waals surface area contributed by atoms with Crippen LogP contribution in [0.4, 0.5) is 24.0 Å². The molecule has 1 aliphatic heterocycles. The van der Waals surface area contributed by atoms with Gasteiger partial charge in [-0.15, -0.1) is 11.3 Å². The molecule has 2 aromatic carbocycles. The molecule has 1 aromatic heterocycles. The van der Waals surface area contributed by atoms with E-state index in [-0.39, 0.29) is 6.54 Å². The number of aromatic nitrogens is 1. The Kier molecular flexibility index (Phi) is 7.23. The number of alkyl halides is 3. The molecule has 0 bridgehead atoms. The molecule has 0 spiro atoms. The molecule has 170 valence electrons. The predicted molar refractivity (Wildman–Crippen MR) is 126 cm³/mol. The molecule has 3 aromatic rings. The normalized spacial score (nSPS) is 14.0. The molecule has 9 heteroatoms. The van der Waals surface area contributed by atoms with Gasteiger partial charge in [-0.3, -0.25) is 0 Å². The lowest BCUT2D eigenvalue weighted by Crippen LogP contribution is -2.16. The molecule has 0 amide bonds. The second kappa shape index (κ2) is 10.1. The van der Waals surface area contributed by atoms with E-state index in [0.717, 1.165) is 53.5 Å². The third-order valence-electron chi connectivity index (χ3n) is 5.39. The first-order valence-corrected chi connectivity index (χ1v) is 11.7. The monoisotopic (exact) mass is 480 g/mol. The largest absolute Gasteiger partial charge is 0.390 e. The number of benzene rings is 2. The molecule has 0 radical (unpaired) electrons. The fraction of sp³-hybridized carbons (Fsp3) is 0.348. The summed E-state index contributed by atoms with van der Waals surface area (Å²) in [6.45, 7) is 2.39. The number of nitrogens with one attached hydrogen (secondary N) is 3. The minimum atomic E-state index is -4.17. The van der Waals surface area contributed by atoms with Gasteiger partial charge in [0, 0.05) is 24.0 Å². The molecule has 0 aliphatic carbocycles. The number of hydrogen-bond acceptors (Lipinski definition) is 5. The molecule has 0 fully saturated rings. The number of hydrogen-bond donors (Lipinski definition) is 3. The molecule has 3 N–H and O–H groups in total. The second-order valence-electron chi connectivity index (χ2n) is 7.69. The lowest BCUT2D eigenvalue weighted by Gasteiger charge is -2.16. The topological polar surface area (TPSA) is 49.0 Å². The molecular formula is C23H24ClF3N4S. The minimum Gasteiger partial charge on any atom is -0.380 e. The van der Waals surface area contributed by atoms with Crippen molar-refractivity contribution >= 4 is 33.8 Å². The second-order valence-corrected chi connectivity index (χ2v) is 8.96. The van der Waals surface area contributed by atoms with E-state index in [0.29, 0.717) is 11.7 Å². The van der Waals surface area contributed by atoms with Crippen LogP contribution in [-0.2, 0) is 19.4 Å². The van der Waals surface area contributed by atoms with Crippen LogP contribution in [0.15, 0.2) is 41.8 Å². The van der Waals surface area contributed by atoms with Gasteiger partial charge in [-0.05, 0) is 48.7 Å². The molecule has 0 saturated heterocycles. The van der Waals surface area contributed by atoms with Crippen molar-refractivity contribution in [3.05, 3.63) is 63.5 Å². The van der Waals surface area contributed by atoms with Crippen molar-refractivity contribution in [2.24, 2.45) is 0 Å². The van der Waals surface area contributed by atoms with Gasteiger partial charge in [-0.2, -0.15) is 13.2 Å². The van der Waals surface area contributed by atoms with E-state index in [2.05, 4.69) is 27.0 Å². The van der Waals surface area contributed by atoms with Crippen LogP contribution in [0.1, 0.15) is 23.1 Å². The van der Waals surface area contributed by atoms with E-state index in [1.165, 1.54) is 22.5 Å². The third-order valence-corrected chi connectivity index (χ3v) is 6.50. The van der Waals surface area contributed by atoms with Gasteiger partial charge >= 0.3 is 6.18 Å². The first kappa shape index (κ1) is 22.9. The van der Waals surface area contributed by atoms with Crippen LogP contribution < -0.4 is 16.0 Å². The molecular weight excluding hydrogens is 457 g/mol. The van der Waals surface area contributed by atoms with Crippen LogP contribution in [0.2, 0.25) is 5.02 Å².